The minimum atomic E-state index is -1.63. The van der Waals surface area contributed by atoms with Crippen molar-refractivity contribution in [3.05, 3.63) is 129 Å². The number of nitrogens with one attached hydrogen (secondary N) is 4. The summed E-state index contributed by atoms with van der Waals surface area (Å²) < 4.78 is 11.3. The Labute approximate surface area is 435 Å². The Balaban J connectivity index is 1.29. The first-order chi connectivity index (χ1) is 33.7. The van der Waals surface area contributed by atoms with E-state index in [4.69, 9.17) is 67.5 Å². The summed E-state index contributed by atoms with van der Waals surface area (Å²) in [5, 5.41) is 25.8. The van der Waals surface area contributed by atoms with Gasteiger partial charge < -0.3 is 30.7 Å². The van der Waals surface area contributed by atoms with Crippen LogP contribution in [-0.4, -0.2) is 60.5 Å². The Morgan fingerprint density at radius 1 is 0.521 bits per heavy atom. The van der Waals surface area contributed by atoms with Gasteiger partial charge in [-0.1, -0.05) is 35.3 Å². The molecule has 0 heterocycles. The number of anilines is 4. The van der Waals surface area contributed by atoms with Crippen LogP contribution in [-0.2, 0) is 19.2 Å². The molecule has 0 saturated heterocycles. The number of rotatable bonds is 21. The maximum Gasteiger partial charge on any atom is 0.258 e. The molecule has 5 rings (SSSR count). The Hall–Kier alpha value is -6.43. The average Bonchev–Trinajstić information content (AvgIpc) is 3.31. The van der Waals surface area contributed by atoms with Crippen LogP contribution in [0.1, 0.15) is 102 Å². The lowest BCUT2D eigenvalue weighted by Gasteiger charge is -2.17. The van der Waals surface area contributed by atoms with E-state index in [-0.39, 0.29) is 54.7 Å². The molecule has 0 fully saturated rings. The van der Waals surface area contributed by atoms with Crippen LogP contribution in [0.2, 0.25) is 10.0 Å². The highest BCUT2D eigenvalue weighted by Gasteiger charge is 2.27. The maximum atomic E-state index is 13.6. The summed E-state index contributed by atoms with van der Waals surface area (Å²) in [5.41, 5.74) is 3.21. The van der Waals surface area contributed by atoms with Gasteiger partial charge in [0.05, 0.1) is 73.3 Å². The number of azo groups is 2. The van der Waals surface area contributed by atoms with Gasteiger partial charge in [0.1, 0.15) is 11.5 Å². The first-order valence-corrected chi connectivity index (χ1v) is 24.0. The number of hydrogen-bond acceptors (Lipinski definition) is 12. The molecule has 0 saturated carbocycles. The normalized spacial score (nSPS) is 13.4. The van der Waals surface area contributed by atoms with Gasteiger partial charge in [0.25, 0.3) is 23.6 Å². The fourth-order valence-corrected chi connectivity index (χ4v) is 7.47. The zero-order chi connectivity index (χ0) is 52.1. The van der Waals surface area contributed by atoms with Crippen LogP contribution in [0.15, 0.2) is 111 Å². The van der Waals surface area contributed by atoms with E-state index in [0.29, 0.717) is 41.7 Å². The van der Waals surface area contributed by atoms with Crippen molar-refractivity contribution in [2.75, 3.05) is 34.5 Å². The summed E-state index contributed by atoms with van der Waals surface area (Å²) in [6, 6.07) is 19.9. The van der Waals surface area contributed by atoms with Gasteiger partial charge in [-0.25, -0.2) is 0 Å². The van der Waals surface area contributed by atoms with Gasteiger partial charge in [-0.2, -0.15) is 20.5 Å². The van der Waals surface area contributed by atoms with Crippen molar-refractivity contribution in [2.24, 2.45) is 20.5 Å². The SMILES string of the molecule is CCOc1ccc(C(C)Cl)cc1NC(=O)c1cc(N=NC(C(C)=O)C(=O)Nc2ccc(NC(=O)C(N=Nc3ccc(Cl)c(C(=O)Nc4cc(C(C)Cl)ccc4OCC)c3)C(C)=O)c(C(C)Cl)c2)ccc1Cl. The van der Waals surface area contributed by atoms with Crippen molar-refractivity contribution in [1.29, 1.82) is 0 Å². The summed E-state index contributed by atoms with van der Waals surface area (Å²) >= 11 is 31.9. The number of halogens is 5. The van der Waals surface area contributed by atoms with E-state index >= 15 is 0 Å². The third-order valence-corrected chi connectivity index (χ3v) is 11.7. The summed E-state index contributed by atoms with van der Waals surface area (Å²) in [6.45, 7) is 11.8. The zero-order valence-electron chi connectivity index (χ0n) is 39.4. The molecule has 5 aromatic carbocycles. The molecule has 0 aliphatic heterocycles. The lowest BCUT2D eigenvalue weighted by atomic mass is 10.1. The molecule has 4 amide bonds. The number of alkyl halides is 3. The van der Waals surface area contributed by atoms with Crippen LogP contribution >= 0.6 is 58.0 Å². The summed E-state index contributed by atoms with van der Waals surface area (Å²) in [6.07, 6.45) is 0. The molecular formula is C50H49Cl5N8O8. The molecule has 4 N–H and O–H groups in total. The fourth-order valence-electron chi connectivity index (χ4n) is 6.61. The second kappa shape index (κ2) is 25.6. The largest absolute Gasteiger partial charge is 0.492 e. The van der Waals surface area contributed by atoms with E-state index in [9.17, 15) is 28.8 Å². The quantitative estimate of drug-likeness (QED) is 0.0314. The molecule has 5 atom stereocenters. The summed E-state index contributed by atoms with van der Waals surface area (Å²) in [7, 11) is 0. The number of nitrogens with zero attached hydrogens (tertiary/aromatic N) is 4. The molecule has 71 heavy (non-hydrogen) atoms. The van der Waals surface area contributed by atoms with Crippen LogP contribution in [0, 0.1) is 0 Å². The molecule has 0 aliphatic rings. The number of benzene rings is 5. The number of carbonyl (C=O) groups excluding carboxylic acids is 6. The number of Topliss-reactive ketones (excluding diaryl/α,β-unsaturated/α-hetero) is 2. The van der Waals surface area contributed by atoms with E-state index in [1.54, 1.807) is 71.0 Å². The zero-order valence-corrected chi connectivity index (χ0v) is 43.2. The highest BCUT2D eigenvalue weighted by atomic mass is 35.5. The van der Waals surface area contributed by atoms with Crippen molar-refractivity contribution in [3.63, 3.8) is 0 Å². The second-order valence-electron chi connectivity index (χ2n) is 15.7. The van der Waals surface area contributed by atoms with Crippen molar-refractivity contribution in [1.82, 2.24) is 0 Å². The molecule has 5 aromatic rings. The molecule has 0 aromatic heterocycles. The number of hydrogen-bond donors (Lipinski definition) is 4. The second-order valence-corrected chi connectivity index (χ2v) is 18.5. The number of amides is 4. The van der Waals surface area contributed by atoms with E-state index in [1.165, 1.54) is 54.6 Å². The molecule has 16 nitrogen and oxygen atoms in total. The van der Waals surface area contributed by atoms with Gasteiger partial charge >= 0.3 is 0 Å². The number of carbonyl (C=O) groups is 6. The van der Waals surface area contributed by atoms with Crippen LogP contribution in [0.4, 0.5) is 34.1 Å². The number of ketones is 2. The minimum Gasteiger partial charge on any atom is -0.492 e. The number of ether oxygens (including phenoxy) is 2. The first kappa shape index (κ1) is 55.5. The van der Waals surface area contributed by atoms with Crippen molar-refractivity contribution in [3.8, 4) is 11.5 Å². The molecule has 5 unspecified atom stereocenters. The molecule has 21 heteroatoms. The highest BCUT2D eigenvalue weighted by Crippen LogP contribution is 2.35. The standard InChI is InChI=1S/C50H49Cl5N8O8/c1-8-70-43-18-10-30(25(3)51)20-41(43)58-47(66)36-23-33(12-15-38(36)54)60-62-45(28(6)64)49(68)56-32-14-17-40(35(22-32)27(5)53)57-50(69)46(29(7)65)63-61-34-13-16-39(55)37(24-34)48(67)59-42-21-31(26(4)52)11-19-44(42)71-9-2/h10-27,45-46H,8-9H2,1-7H3,(H,56,68)(H,57,69)(H,58,66)(H,59,67). The minimum absolute atomic E-state index is 0.0271. The maximum absolute atomic E-state index is 13.6. The van der Waals surface area contributed by atoms with E-state index in [2.05, 4.69) is 41.7 Å². The third kappa shape index (κ3) is 15.0. The summed E-state index contributed by atoms with van der Waals surface area (Å²) in [4.78, 5) is 79.5. The summed E-state index contributed by atoms with van der Waals surface area (Å²) in [5.74, 6) is -3.34. The van der Waals surface area contributed by atoms with Gasteiger partial charge in [-0.3, -0.25) is 28.8 Å². The predicted molar refractivity (Wildman–Crippen MR) is 279 cm³/mol. The molecule has 0 radical (unpaired) electrons. The first-order valence-electron chi connectivity index (χ1n) is 22.0. The monoisotopic (exact) mass is 1060 g/mol. The van der Waals surface area contributed by atoms with Gasteiger partial charge in [-0.15, -0.1) is 34.8 Å². The van der Waals surface area contributed by atoms with E-state index < -0.39 is 52.7 Å². The van der Waals surface area contributed by atoms with Crippen molar-refractivity contribution >= 4 is 127 Å². The molecule has 0 aliphatic carbocycles. The van der Waals surface area contributed by atoms with Gasteiger partial charge in [0, 0.05) is 11.4 Å². The molecular weight excluding hydrogens is 1020 g/mol. The van der Waals surface area contributed by atoms with Crippen molar-refractivity contribution in [2.45, 2.75) is 76.7 Å². The van der Waals surface area contributed by atoms with Gasteiger partial charge in [-0.05, 0) is 144 Å². The van der Waals surface area contributed by atoms with Crippen LogP contribution in [0.25, 0.3) is 0 Å². The smallest absolute Gasteiger partial charge is 0.258 e. The topological polar surface area (TPSA) is 218 Å². The Bertz CT molecular complexity index is 2890. The third-order valence-electron chi connectivity index (χ3n) is 10.3. The lowest BCUT2D eigenvalue weighted by molar-refractivity contribution is -0.127. The molecule has 0 bridgehead atoms. The molecule has 0 spiro atoms. The van der Waals surface area contributed by atoms with Crippen LogP contribution < -0.4 is 30.7 Å². The fraction of sp³-hybridized carbons (Fsp3) is 0.280. The van der Waals surface area contributed by atoms with E-state index in [0.717, 1.165) is 25.0 Å². The Morgan fingerprint density at radius 2 is 0.958 bits per heavy atom. The Kier molecular flexibility index (Phi) is 20.0. The lowest BCUT2D eigenvalue weighted by Crippen LogP contribution is -2.32. The van der Waals surface area contributed by atoms with Crippen LogP contribution in [0.5, 0.6) is 11.5 Å². The van der Waals surface area contributed by atoms with Crippen LogP contribution in [0.3, 0.4) is 0 Å². The van der Waals surface area contributed by atoms with Gasteiger partial charge in [0.15, 0.2) is 11.6 Å². The highest BCUT2D eigenvalue weighted by molar-refractivity contribution is 6.35. The van der Waals surface area contributed by atoms with Gasteiger partial charge in [0.2, 0.25) is 12.1 Å². The molecule has 372 valence electrons. The van der Waals surface area contributed by atoms with Crippen molar-refractivity contribution < 1.29 is 38.2 Å². The average molecular weight is 1070 g/mol. The predicted octanol–water partition coefficient (Wildman–Crippen LogP) is 13.6. The Morgan fingerprint density at radius 3 is 1.35 bits per heavy atom. The van der Waals surface area contributed by atoms with E-state index in [1.807, 2.05) is 0 Å².